The first-order valence-electron chi connectivity index (χ1n) is 9.25. The molecule has 1 fully saturated rings. The molecular formula is C20H28N4O2. The SMILES string of the molecule is CCCC1CC(C(=O)NC(Cc2ccc(C#N)cc2)C(=O)NC)NC1C. The zero-order valence-electron chi connectivity index (χ0n) is 15.7. The Morgan fingerprint density at radius 1 is 1.35 bits per heavy atom. The number of hydrogen-bond acceptors (Lipinski definition) is 4. The average Bonchev–Trinajstić information content (AvgIpc) is 3.02. The summed E-state index contributed by atoms with van der Waals surface area (Å²) in [6, 6.07) is 8.55. The van der Waals surface area contributed by atoms with Crippen molar-refractivity contribution in [1.82, 2.24) is 16.0 Å². The summed E-state index contributed by atoms with van der Waals surface area (Å²) in [5, 5.41) is 17.7. The van der Waals surface area contributed by atoms with E-state index >= 15 is 0 Å². The molecule has 4 unspecified atom stereocenters. The molecule has 1 aromatic carbocycles. The standard InChI is InChI=1S/C20H28N4O2/c1-4-5-16-11-18(23-13(16)2)20(26)24-17(19(25)22-3)10-14-6-8-15(12-21)9-7-14/h6-9,13,16-18,23H,4-5,10-11H2,1-3H3,(H,22,25)(H,24,26). The van der Waals surface area contributed by atoms with Crippen molar-refractivity contribution in [3.63, 3.8) is 0 Å². The molecule has 1 aliphatic rings. The van der Waals surface area contributed by atoms with Crippen molar-refractivity contribution >= 4 is 11.8 Å². The lowest BCUT2D eigenvalue weighted by atomic mass is 9.95. The van der Waals surface area contributed by atoms with Crippen LogP contribution >= 0.6 is 0 Å². The normalized spacial score (nSPS) is 23.1. The summed E-state index contributed by atoms with van der Waals surface area (Å²) in [6.07, 6.45) is 3.39. The van der Waals surface area contributed by atoms with Crippen molar-refractivity contribution in [2.45, 2.75) is 57.7 Å². The van der Waals surface area contributed by atoms with E-state index in [9.17, 15) is 9.59 Å². The first-order valence-corrected chi connectivity index (χ1v) is 9.25. The van der Waals surface area contributed by atoms with Crippen molar-refractivity contribution in [1.29, 1.82) is 5.26 Å². The van der Waals surface area contributed by atoms with Gasteiger partial charge in [-0.1, -0.05) is 25.5 Å². The van der Waals surface area contributed by atoms with E-state index in [1.54, 1.807) is 19.2 Å². The molecule has 1 aromatic rings. The maximum absolute atomic E-state index is 12.7. The van der Waals surface area contributed by atoms with Crippen LogP contribution in [0.2, 0.25) is 0 Å². The number of benzene rings is 1. The minimum atomic E-state index is -0.636. The van der Waals surface area contributed by atoms with Crippen molar-refractivity contribution in [3.05, 3.63) is 35.4 Å². The summed E-state index contributed by atoms with van der Waals surface area (Å²) in [4.78, 5) is 24.9. The number of nitrogens with one attached hydrogen (secondary N) is 3. The van der Waals surface area contributed by atoms with E-state index < -0.39 is 6.04 Å². The van der Waals surface area contributed by atoms with Crippen molar-refractivity contribution in [2.75, 3.05) is 7.05 Å². The predicted molar refractivity (Wildman–Crippen MR) is 100 cm³/mol. The van der Waals surface area contributed by atoms with Crippen LogP contribution in [0.1, 0.15) is 44.2 Å². The van der Waals surface area contributed by atoms with Gasteiger partial charge in [-0.25, -0.2) is 0 Å². The van der Waals surface area contributed by atoms with Crippen LogP contribution in [-0.2, 0) is 16.0 Å². The lowest BCUT2D eigenvalue weighted by Gasteiger charge is -2.20. The van der Waals surface area contributed by atoms with Crippen LogP contribution in [0, 0.1) is 17.2 Å². The third kappa shape index (κ3) is 5.06. The van der Waals surface area contributed by atoms with Gasteiger partial charge >= 0.3 is 0 Å². The third-order valence-corrected chi connectivity index (χ3v) is 5.09. The molecule has 1 heterocycles. The minimum Gasteiger partial charge on any atom is -0.357 e. The smallest absolute Gasteiger partial charge is 0.242 e. The van der Waals surface area contributed by atoms with E-state index in [-0.39, 0.29) is 17.9 Å². The van der Waals surface area contributed by atoms with E-state index in [0.717, 1.165) is 24.8 Å². The average molecular weight is 356 g/mol. The van der Waals surface area contributed by atoms with Gasteiger partial charge < -0.3 is 16.0 Å². The number of amides is 2. The highest BCUT2D eigenvalue weighted by atomic mass is 16.2. The van der Waals surface area contributed by atoms with Crippen LogP contribution in [0.15, 0.2) is 24.3 Å². The summed E-state index contributed by atoms with van der Waals surface area (Å²) >= 11 is 0. The molecule has 1 saturated heterocycles. The highest BCUT2D eigenvalue weighted by Crippen LogP contribution is 2.25. The quantitative estimate of drug-likeness (QED) is 0.690. The fraction of sp³-hybridized carbons (Fsp3) is 0.550. The molecule has 3 N–H and O–H groups in total. The molecule has 2 rings (SSSR count). The van der Waals surface area contributed by atoms with Crippen LogP contribution in [0.4, 0.5) is 0 Å². The number of carbonyl (C=O) groups is 2. The molecule has 0 spiro atoms. The van der Waals surface area contributed by atoms with Gasteiger partial charge in [0, 0.05) is 19.5 Å². The van der Waals surface area contributed by atoms with Gasteiger partial charge in [0.1, 0.15) is 6.04 Å². The lowest BCUT2D eigenvalue weighted by Crippen LogP contribution is -2.52. The van der Waals surface area contributed by atoms with E-state index in [2.05, 4.69) is 35.9 Å². The minimum absolute atomic E-state index is 0.127. The molecule has 0 bridgehead atoms. The molecule has 4 atom stereocenters. The highest BCUT2D eigenvalue weighted by molar-refractivity contribution is 5.90. The van der Waals surface area contributed by atoms with Crippen LogP contribution in [-0.4, -0.2) is 37.0 Å². The number of nitrogens with zero attached hydrogens (tertiary/aromatic N) is 1. The Hall–Kier alpha value is -2.39. The summed E-state index contributed by atoms with van der Waals surface area (Å²) in [5.41, 5.74) is 1.47. The van der Waals surface area contributed by atoms with Crippen LogP contribution in [0.3, 0.4) is 0 Å². The molecule has 0 saturated carbocycles. The second kappa shape index (κ2) is 9.35. The van der Waals surface area contributed by atoms with Gasteiger partial charge in [-0.05, 0) is 43.4 Å². The molecule has 2 amide bonds. The Morgan fingerprint density at radius 3 is 2.62 bits per heavy atom. The van der Waals surface area contributed by atoms with E-state index in [1.807, 2.05) is 12.1 Å². The van der Waals surface area contributed by atoms with Crippen LogP contribution < -0.4 is 16.0 Å². The third-order valence-electron chi connectivity index (χ3n) is 5.09. The summed E-state index contributed by atoms with van der Waals surface area (Å²) in [5.74, 6) is 0.143. The molecule has 140 valence electrons. The van der Waals surface area contributed by atoms with E-state index in [4.69, 9.17) is 5.26 Å². The van der Waals surface area contributed by atoms with E-state index in [1.165, 1.54) is 0 Å². The van der Waals surface area contributed by atoms with Gasteiger partial charge in [-0.2, -0.15) is 5.26 Å². The molecule has 26 heavy (non-hydrogen) atoms. The molecular weight excluding hydrogens is 328 g/mol. The first kappa shape index (κ1) is 19.9. The molecule has 6 heteroatoms. The first-order chi connectivity index (χ1) is 12.5. The zero-order chi connectivity index (χ0) is 19.1. The van der Waals surface area contributed by atoms with Gasteiger partial charge in [0.2, 0.25) is 11.8 Å². The Balaban J connectivity index is 2.02. The second-order valence-corrected chi connectivity index (χ2v) is 6.98. The highest BCUT2D eigenvalue weighted by Gasteiger charge is 2.35. The summed E-state index contributed by atoms with van der Waals surface area (Å²) < 4.78 is 0. The number of likely N-dealkylation sites (N-methyl/N-ethyl adjacent to an activating group) is 1. The molecule has 0 aromatic heterocycles. The van der Waals surface area contributed by atoms with Gasteiger partial charge in [0.15, 0.2) is 0 Å². The van der Waals surface area contributed by atoms with Gasteiger partial charge in [-0.15, -0.1) is 0 Å². The van der Waals surface area contributed by atoms with Gasteiger partial charge in [-0.3, -0.25) is 9.59 Å². The van der Waals surface area contributed by atoms with Crippen molar-refractivity contribution in [3.8, 4) is 6.07 Å². The molecule has 6 nitrogen and oxygen atoms in total. The second-order valence-electron chi connectivity index (χ2n) is 6.98. The fourth-order valence-electron chi connectivity index (χ4n) is 3.56. The zero-order valence-corrected chi connectivity index (χ0v) is 15.7. The monoisotopic (exact) mass is 356 g/mol. The largest absolute Gasteiger partial charge is 0.357 e. The maximum Gasteiger partial charge on any atom is 0.242 e. The van der Waals surface area contributed by atoms with Gasteiger partial charge in [0.25, 0.3) is 0 Å². The Kier molecular flexibility index (Phi) is 7.16. The molecule has 1 aliphatic heterocycles. The molecule has 0 aliphatic carbocycles. The summed E-state index contributed by atoms with van der Waals surface area (Å²) in [6.45, 7) is 4.26. The van der Waals surface area contributed by atoms with E-state index in [0.29, 0.717) is 23.9 Å². The summed E-state index contributed by atoms with van der Waals surface area (Å²) in [7, 11) is 1.56. The topological polar surface area (TPSA) is 94.0 Å². The maximum atomic E-state index is 12.7. The molecule has 0 radical (unpaired) electrons. The predicted octanol–water partition coefficient (Wildman–Crippen LogP) is 1.50. The Bertz CT molecular complexity index is 665. The number of hydrogen-bond donors (Lipinski definition) is 3. The van der Waals surface area contributed by atoms with Crippen LogP contribution in [0.5, 0.6) is 0 Å². The lowest BCUT2D eigenvalue weighted by molar-refractivity contribution is -0.129. The fourth-order valence-corrected chi connectivity index (χ4v) is 3.56. The van der Waals surface area contributed by atoms with Crippen LogP contribution in [0.25, 0.3) is 0 Å². The number of carbonyl (C=O) groups excluding carboxylic acids is 2. The van der Waals surface area contributed by atoms with Crippen molar-refractivity contribution < 1.29 is 9.59 Å². The van der Waals surface area contributed by atoms with Crippen molar-refractivity contribution in [2.24, 2.45) is 5.92 Å². The Labute approximate surface area is 155 Å². The number of nitriles is 1. The number of rotatable bonds is 7. The van der Waals surface area contributed by atoms with Gasteiger partial charge in [0.05, 0.1) is 17.7 Å². The Morgan fingerprint density at radius 2 is 2.04 bits per heavy atom.